The van der Waals surface area contributed by atoms with Gasteiger partial charge in [0.2, 0.25) is 5.16 Å². The zero-order valence-corrected chi connectivity index (χ0v) is 16.6. The van der Waals surface area contributed by atoms with Gasteiger partial charge in [0.15, 0.2) is 0 Å². The minimum atomic E-state index is 0.313. The Hall–Kier alpha value is -2.42. The highest BCUT2D eigenvalue weighted by Crippen LogP contribution is 2.23. The second-order valence-corrected chi connectivity index (χ2v) is 7.13. The first-order chi connectivity index (χ1) is 13.1. The van der Waals surface area contributed by atoms with E-state index >= 15 is 0 Å². The lowest BCUT2D eigenvalue weighted by molar-refractivity contribution is 0.414. The van der Waals surface area contributed by atoms with Gasteiger partial charge in [-0.15, -0.1) is 10.2 Å². The van der Waals surface area contributed by atoms with Crippen LogP contribution in [0.4, 0.5) is 5.95 Å². The van der Waals surface area contributed by atoms with Crippen molar-refractivity contribution in [3.8, 4) is 5.75 Å². The van der Waals surface area contributed by atoms with E-state index in [1.807, 2.05) is 24.3 Å². The van der Waals surface area contributed by atoms with Crippen LogP contribution in [-0.2, 0) is 5.75 Å². The number of nitrogen functional groups attached to an aromatic ring is 1. The molecular weight excluding hydrogens is 407 g/mol. The zero-order valence-electron chi connectivity index (χ0n) is 14.3. The Morgan fingerprint density at radius 2 is 2.00 bits per heavy atom. The molecule has 0 aliphatic heterocycles. The number of anilines is 1. The average Bonchev–Trinajstić information content (AvgIpc) is 3.02. The first-order valence-corrected chi connectivity index (χ1v) is 9.51. The van der Waals surface area contributed by atoms with E-state index in [1.165, 1.54) is 16.4 Å². The Labute approximate surface area is 170 Å². The number of halogens is 2. The maximum atomic E-state index is 6.09. The molecule has 0 bridgehead atoms. The van der Waals surface area contributed by atoms with Crippen LogP contribution in [0, 0.1) is 0 Å². The van der Waals surface area contributed by atoms with Crippen LogP contribution in [0.1, 0.15) is 11.1 Å². The number of rotatable bonds is 7. The van der Waals surface area contributed by atoms with E-state index in [2.05, 4.69) is 20.7 Å². The molecule has 0 saturated carbocycles. The quantitative estimate of drug-likeness (QED) is 0.258. The van der Waals surface area contributed by atoms with Gasteiger partial charge < -0.3 is 10.6 Å². The fourth-order valence-corrected chi connectivity index (χ4v) is 3.36. The first-order valence-electron chi connectivity index (χ1n) is 7.77. The Bertz CT molecular complexity index is 945. The van der Waals surface area contributed by atoms with Crippen molar-refractivity contribution in [1.82, 2.24) is 14.9 Å². The molecule has 1 heterocycles. The number of hydrogen-bond donors (Lipinski definition) is 2. The largest absolute Gasteiger partial charge is 0.497 e. The van der Waals surface area contributed by atoms with Gasteiger partial charge in [0.05, 0.1) is 18.3 Å². The van der Waals surface area contributed by atoms with E-state index in [-0.39, 0.29) is 0 Å². The molecule has 7 nitrogen and oxygen atoms in total. The summed E-state index contributed by atoms with van der Waals surface area (Å²) in [6.07, 6.45) is 1.55. The zero-order chi connectivity index (χ0) is 19.2. The molecular formula is C17H16Cl2N6OS. The molecule has 3 rings (SSSR count). The van der Waals surface area contributed by atoms with Crippen LogP contribution in [-0.4, -0.2) is 28.2 Å². The summed E-state index contributed by atoms with van der Waals surface area (Å²) in [6, 6.07) is 12.9. The van der Waals surface area contributed by atoms with Gasteiger partial charge in [0.25, 0.3) is 5.95 Å². The Balaban J connectivity index is 1.60. The highest BCUT2D eigenvalue weighted by atomic mass is 35.5. The molecule has 0 unspecified atom stereocenters. The molecule has 0 atom stereocenters. The number of hydrogen-bond acceptors (Lipinski definition) is 7. The Kier molecular flexibility index (Phi) is 6.44. The van der Waals surface area contributed by atoms with Crippen LogP contribution in [0.3, 0.4) is 0 Å². The van der Waals surface area contributed by atoms with Gasteiger partial charge >= 0.3 is 0 Å². The summed E-state index contributed by atoms with van der Waals surface area (Å²) in [5, 5.41) is 13.8. The average molecular weight is 423 g/mol. The van der Waals surface area contributed by atoms with Crippen LogP contribution in [0.2, 0.25) is 10.0 Å². The van der Waals surface area contributed by atoms with E-state index in [0.717, 1.165) is 11.3 Å². The van der Waals surface area contributed by atoms with Gasteiger partial charge in [-0.3, -0.25) is 0 Å². The Morgan fingerprint density at radius 1 is 1.22 bits per heavy atom. The number of nitrogens with zero attached hydrogens (tertiary/aromatic N) is 4. The van der Waals surface area contributed by atoms with Crippen molar-refractivity contribution in [2.75, 3.05) is 18.4 Å². The topological polar surface area (TPSA) is 90.4 Å². The van der Waals surface area contributed by atoms with Crippen LogP contribution in [0.15, 0.2) is 52.7 Å². The second-order valence-electron chi connectivity index (χ2n) is 5.35. The number of methoxy groups -OCH3 is 1. The third-order valence-corrected chi connectivity index (χ3v) is 5.10. The first kappa shape index (κ1) is 19.3. The normalized spacial score (nSPS) is 11.1. The Morgan fingerprint density at radius 3 is 2.70 bits per heavy atom. The van der Waals surface area contributed by atoms with Crippen LogP contribution < -0.4 is 16.0 Å². The number of benzene rings is 2. The molecule has 0 radical (unpaired) electrons. The van der Waals surface area contributed by atoms with E-state index < -0.39 is 0 Å². The molecule has 0 aliphatic carbocycles. The lowest BCUT2D eigenvalue weighted by Gasteiger charge is -2.04. The molecule has 1 aromatic heterocycles. The number of aromatic nitrogens is 3. The predicted molar refractivity (Wildman–Crippen MR) is 110 cm³/mol. The summed E-state index contributed by atoms with van der Waals surface area (Å²) < 4.78 is 6.49. The van der Waals surface area contributed by atoms with Gasteiger partial charge in [-0.1, -0.05) is 53.2 Å². The molecule has 2 aromatic carbocycles. The van der Waals surface area contributed by atoms with E-state index in [1.54, 1.807) is 31.5 Å². The van der Waals surface area contributed by atoms with Crippen molar-refractivity contribution in [2.45, 2.75) is 10.9 Å². The van der Waals surface area contributed by atoms with Crippen molar-refractivity contribution in [2.24, 2.45) is 5.10 Å². The summed E-state index contributed by atoms with van der Waals surface area (Å²) in [4.78, 5) is 0. The van der Waals surface area contributed by atoms with Gasteiger partial charge in [0, 0.05) is 16.3 Å². The third kappa shape index (κ3) is 5.06. The number of ether oxygens (including phenoxy) is 1. The van der Waals surface area contributed by atoms with Gasteiger partial charge in [-0.25, -0.2) is 10.1 Å². The molecule has 140 valence electrons. The van der Waals surface area contributed by atoms with E-state index in [4.69, 9.17) is 33.8 Å². The number of thioether (sulfide) groups is 1. The summed E-state index contributed by atoms with van der Waals surface area (Å²) in [5.41, 5.74) is 4.58. The maximum Gasteiger partial charge on any atom is 0.264 e. The summed E-state index contributed by atoms with van der Waals surface area (Å²) >= 11 is 13.4. The highest BCUT2D eigenvalue weighted by Gasteiger charge is 2.10. The molecule has 27 heavy (non-hydrogen) atoms. The standard InChI is InChI=1S/C17H16Cl2N6OS/c1-26-14-6-2-11(3-7-14)10-27-17-24-23-16(25(17)20)22-21-9-12-4-5-13(18)8-15(12)19/h2-9H,10,20H2,1H3,(H,22,23)/b21-9+. The van der Waals surface area contributed by atoms with Crippen LogP contribution in [0.5, 0.6) is 5.75 Å². The summed E-state index contributed by atoms with van der Waals surface area (Å²) in [6.45, 7) is 0. The van der Waals surface area contributed by atoms with Gasteiger partial charge in [-0.2, -0.15) is 5.10 Å². The molecule has 3 N–H and O–H groups in total. The fourth-order valence-electron chi connectivity index (χ4n) is 2.09. The second kappa shape index (κ2) is 8.98. The molecule has 3 aromatic rings. The van der Waals surface area contributed by atoms with Crippen LogP contribution in [0.25, 0.3) is 0 Å². The van der Waals surface area contributed by atoms with Crippen molar-refractivity contribution in [3.05, 3.63) is 63.6 Å². The van der Waals surface area contributed by atoms with Crippen molar-refractivity contribution < 1.29 is 4.74 Å². The van der Waals surface area contributed by atoms with Crippen LogP contribution >= 0.6 is 35.0 Å². The smallest absolute Gasteiger partial charge is 0.264 e. The monoisotopic (exact) mass is 422 g/mol. The highest BCUT2D eigenvalue weighted by molar-refractivity contribution is 7.98. The fraction of sp³-hybridized carbons (Fsp3) is 0.118. The minimum absolute atomic E-state index is 0.313. The lowest BCUT2D eigenvalue weighted by atomic mass is 10.2. The SMILES string of the molecule is COc1ccc(CSc2nnc(N/N=C/c3ccc(Cl)cc3Cl)n2N)cc1. The molecule has 0 spiro atoms. The van der Waals surface area contributed by atoms with Crippen molar-refractivity contribution in [1.29, 1.82) is 0 Å². The predicted octanol–water partition coefficient (Wildman–Crippen LogP) is 4.05. The van der Waals surface area contributed by atoms with E-state index in [0.29, 0.717) is 32.5 Å². The molecule has 10 heteroatoms. The number of hydrazone groups is 1. The van der Waals surface area contributed by atoms with Gasteiger partial charge in [0.1, 0.15) is 5.75 Å². The minimum Gasteiger partial charge on any atom is -0.497 e. The van der Waals surface area contributed by atoms with Gasteiger partial charge in [-0.05, 0) is 29.8 Å². The molecule has 0 saturated heterocycles. The molecule has 0 aliphatic rings. The van der Waals surface area contributed by atoms with E-state index in [9.17, 15) is 0 Å². The third-order valence-electron chi connectivity index (χ3n) is 3.52. The molecule has 0 fully saturated rings. The maximum absolute atomic E-state index is 6.09. The summed E-state index contributed by atoms with van der Waals surface area (Å²) in [5.74, 6) is 7.84. The molecule has 0 amide bonds. The van der Waals surface area contributed by atoms with Crippen molar-refractivity contribution >= 4 is 47.1 Å². The summed E-state index contributed by atoms with van der Waals surface area (Å²) in [7, 11) is 1.64. The number of nitrogens with two attached hydrogens (primary N) is 1. The lowest BCUT2D eigenvalue weighted by Crippen LogP contribution is -2.13. The van der Waals surface area contributed by atoms with Crippen molar-refractivity contribution in [3.63, 3.8) is 0 Å². The number of nitrogens with one attached hydrogen (secondary N) is 1.